The van der Waals surface area contributed by atoms with Gasteiger partial charge in [0.1, 0.15) is 39.6 Å². The number of ether oxygens (including phenoxy) is 14. The van der Waals surface area contributed by atoms with Crippen molar-refractivity contribution in [2.24, 2.45) is 5.73 Å². The van der Waals surface area contributed by atoms with Crippen molar-refractivity contribution in [3.8, 4) is 11.5 Å². The molecule has 135 heavy (non-hydrogen) atoms. The standard InChI is InChI=1S/C30H42F4N4O9S.C24H42N4O9S.C20H38N4O5S.C6H2F4O.C4H4O4/c31-19-15-20(32)27(34)29(26(19)33)47-25(41)17-46-16-24(40)36-8-4-10-44-12-14-45-13-11-43-9-3-7-35-23(39)6-2-1-5-22-28-21(18-48-22)37-30(42)38-28;29-20(6-2-1-5-19-23-18(17-38-19)27-24(33)28-23)25-7-3-9-34-11-13-36-14-12-35-10-4-8-26-21(30)15-37-16-22(31)32;21-7-3-9-27-11-13-29-14-12-28-10-4-8-22-18(25)6-2-1-5-17-19-16(15-30-17)23-20(26)24-19;7-2-1-3(8)5(10)6(11)4(2)9;5-3-1-7-2-4(6)8-3/h15,21-22,28H,1-14,16-18H2,(H,35,39)(H,36,40)(H2,37,38,42);18-19,23H,1-17H2,(H,25,29)(H,26,30)(H,31,32)(H2,27,28,33);16-17,19H,1-15,21H2,(H,22,25)(H2,23,24,26);1,11H;1-2H2. The van der Waals surface area contributed by atoms with Crippen LogP contribution in [0.15, 0.2) is 12.1 Å². The Morgan fingerprint density at radius 2 is 0.659 bits per heavy atom. The summed E-state index contributed by atoms with van der Waals surface area (Å²) in [7, 11) is 0. The number of carbonyl (C=O) groups excluding carboxylic acids is 11. The highest BCUT2D eigenvalue weighted by Gasteiger charge is 2.45. The summed E-state index contributed by atoms with van der Waals surface area (Å²) in [4.78, 5) is 135. The van der Waals surface area contributed by atoms with E-state index in [2.05, 4.69) is 77.4 Å². The molecule has 7 heterocycles. The van der Waals surface area contributed by atoms with Crippen molar-refractivity contribution in [1.82, 2.24) is 58.5 Å². The van der Waals surface area contributed by atoms with Gasteiger partial charge in [0.2, 0.25) is 58.6 Å². The van der Waals surface area contributed by atoms with Crippen molar-refractivity contribution in [1.29, 1.82) is 0 Å². The number of halogens is 8. The van der Waals surface area contributed by atoms with E-state index in [4.69, 9.17) is 63.3 Å². The smallest absolute Gasteiger partial charge is 0.339 e. The number of carboxylic acid groups (broad SMARTS) is 1. The fourth-order valence-corrected chi connectivity index (χ4v) is 17.8. The highest BCUT2D eigenvalue weighted by Crippen LogP contribution is 2.36. The number of aliphatic carboxylic acids is 1. The summed E-state index contributed by atoms with van der Waals surface area (Å²) >= 11 is 5.69. The zero-order chi connectivity index (χ0) is 98.2. The van der Waals surface area contributed by atoms with E-state index in [-0.39, 0.29) is 116 Å². The molecular weight excluding hydrogens is 1870 g/mol. The molecule has 11 amide bonds. The number of phenols is 1. The summed E-state index contributed by atoms with van der Waals surface area (Å²) < 4.78 is 173. The SMILES string of the molecule is NCCCOCCOCCOCCCNC(=O)CCCCC1SCC2NC(=O)NC21.O=C(CCCCC1SCC2NC(=O)NC21)NCCCOCCOCCOCCCNC(=O)COCC(=O)Oc1c(F)c(F)cc(F)c1F.O=C(O)COCC(=O)NCCCOCCOCCOCCCNC(=O)CCCCC1SCC2NC(=O)NC21.O=C1COCC(=O)O1.Oc1c(F)c(F)cc(F)c1F. The van der Waals surface area contributed by atoms with Crippen LogP contribution in [0, 0.1) is 46.5 Å². The second kappa shape index (κ2) is 71.0. The van der Waals surface area contributed by atoms with Crippen LogP contribution in [0.4, 0.5) is 49.5 Å². The lowest BCUT2D eigenvalue weighted by molar-refractivity contribution is -0.174. The molecule has 0 aliphatic carbocycles. The number of hydrogen-bond acceptors (Lipinski definition) is 31. The van der Waals surface area contributed by atoms with Gasteiger partial charge in [-0.05, 0) is 83.6 Å². The van der Waals surface area contributed by atoms with Crippen molar-refractivity contribution in [2.45, 2.75) is 168 Å². The van der Waals surface area contributed by atoms with Crippen LogP contribution in [0.3, 0.4) is 0 Å². The number of aromatic hydroxyl groups is 1. The number of rotatable bonds is 65. The highest BCUT2D eigenvalue weighted by molar-refractivity contribution is 8.00. The lowest BCUT2D eigenvalue weighted by atomic mass is 10.0. The van der Waals surface area contributed by atoms with Crippen LogP contribution in [0.5, 0.6) is 11.5 Å². The fourth-order valence-electron chi connectivity index (χ4n) is 13.2. The number of unbranched alkanes of at least 4 members (excludes halogenated alkanes) is 3. The lowest BCUT2D eigenvalue weighted by Gasteiger charge is -2.16. The number of nitrogens with one attached hydrogen (secondary N) is 11. The number of thioether (sulfide) groups is 3. The van der Waals surface area contributed by atoms with Crippen LogP contribution in [0.1, 0.15) is 116 Å². The highest BCUT2D eigenvalue weighted by atomic mass is 32.2. The van der Waals surface area contributed by atoms with Gasteiger partial charge in [0, 0.05) is 137 Å². The van der Waals surface area contributed by atoms with Gasteiger partial charge in [-0.25, -0.2) is 51.1 Å². The first-order valence-electron chi connectivity index (χ1n) is 44.7. The van der Waals surface area contributed by atoms with E-state index >= 15 is 0 Å². The minimum atomic E-state index is -1.87. The van der Waals surface area contributed by atoms with Gasteiger partial charge >= 0.3 is 42.0 Å². The van der Waals surface area contributed by atoms with Crippen LogP contribution in [-0.4, -0.2) is 349 Å². The molecule has 9 unspecified atom stereocenters. The van der Waals surface area contributed by atoms with Gasteiger partial charge in [-0.3, -0.25) is 24.0 Å². The fraction of sp³-hybridized carbons (Fsp3) is 0.714. The number of carbonyl (C=O) groups is 12. The average molecular weight is 2000 g/mol. The molecule has 2 aromatic carbocycles. The van der Waals surface area contributed by atoms with Crippen LogP contribution < -0.4 is 69.0 Å². The summed E-state index contributed by atoms with van der Waals surface area (Å²) in [5.74, 6) is -18.8. The van der Waals surface area contributed by atoms with E-state index < -0.39 is 108 Å². The minimum Gasteiger partial charge on any atom is -0.503 e. The quantitative estimate of drug-likeness (QED) is 0.00857. The maximum Gasteiger partial charge on any atom is 0.339 e. The van der Waals surface area contributed by atoms with E-state index in [9.17, 15) is 92.7 Å². The normalized spacial score (nSPS) is 19.2. The average Bonchev–Trinajstić information content (AvgIpc) is 1.62. The molecule has 7 aliphatic heterocycles. The zero-order valence-electron chi connectivity index (χ0n) is 75.2. The van der Waals surface area contributed by atoms with E-state index in [1.807, 2.05) is 35.3 Å². The third kappa shape index (κ3) is 51.6. The van der Waals surface area contributed by atoms with Crippen LogP contribution in [-0.2, 0) is 105 Å². The second-order valence-electron chi connectivity index (χ2n) is 30.6. The molecule has 0 spiro atoms. The third-order valence-electron chi connectivity index (χ3n) is 19.9. The zero-order valence-corrected chi connectivity index (χ0v) is 77.7. The molecule has 2 aromatic rings. The molecule has 7 fully saturated rings. The number of benzene rings is 2. The predicted octanol–water partition coefficient (Wildman–Crippen LogP) is 3.48. The number of fused-ring (bicyclic) bond motifs is 3. The Bertz CT molecular complexity index is 3840. The first-order valence-corrected chi connectivity index (χ1v) is 47.8. The van der Waals surface area contributed by atoms with Gasteiger partial charge < -0.3 is 141 Å². The molecule has 766 valence electrons. The summed E-state index contributed by atoms with van der Waals surface area (Å²) in [6.45, 7) is 9.38. The van der Waals surface area contributed by atoms with Gasteiger partial charge in [0.05, 0.1) is 116 Å². The largest absolute Gasteiger partial charge is 0.503 e. The molecule has 9 rings (SSSR count). The number of phenolic OH excluding ortho intramolecular Hbond substituents is 1. The molecule has 7 aliphatic rings. The van der Waals surface area contributed by atoms with E-state index in [1.165, 1.54) is 0 Å². The van der Waals surface area contributed by atoms with Crippen molar-refractivity contribution < 1.29 is 169 Å². The Hall–Kier alpha value is -8.55. The van der Waals surface area contributed by atoms with E-state index in [0.717, 1.165) is 94.3 Å². The summed E-state index contributed by atoms with van der Waals surface area (Å²) in [6, 6.07) is 1.19. The van der Waals surface area contributed by atoms with Gasteiger partial charge in [-0.2, -0.15) is 52.8 Å². The summed E-state index contributed by atoms with van der Waals surface area (Å²) in [6.07, 6.45) is 14.3. The molecule has 15 N–H and O–H groups in total. The van der Waals surface area contributed by atoms with Gasteiger partial charge in [0.15, 0.2) is 29.0 Å². The van der Waals surface area contributed by atoms with Crippen molar-refractivity contribution in [2.75, 3.05) is 215 Å². The Morgan fingerprint density at radius 3 is 0.956 bits per heavy atom. The summed E-state index contributed by atoms with van der Waals surface area (Å²) in [5, 5.41) is 49.7. The Balaban J connectivity index is 0.000000330. The van der Waals surface area contributed by atoms with Crippen LogP contribution in [0.2, 0.25) is 0 Å². The number of esters is 3. The Labute approximate surface area is 789 Å². The Kier molecular flexibility index (Phi) is 61.5. The van der Waals surface area contributed by atoms with E-state index in [0.29, 0.717) is 206 Å². The van der Waals surface area contributed by atoms with Gasteiger partial charge in [-0.1, -0.05) is 19.3 Å². The number of hydrogen-bond donors (Lipinski definition) is 14. The first kappa shape index (κ1) is 117. The topological polar surface area (TPSA) is 533 Å². The maximum absolute atomic E-state index is 13.5. The Morgan fingerprint density at radius 1 is 0.370 bits per heavy atom. The maximum atomic E-state index is 13.5. The lowest BCUT2D eigenvalue weighted by Crippen LogP contribution is -2.36. The van der Waals surface area contributed by atoms with Crippen LogP contribution >= 0.6 is 35.3 Å². The number of cyclic esters (lactones) is 2. The third-order valence-corrected chi connectivity index (χ3v) is 24.4. The second-order valence-corrected chi connectivity index (χ2v) is 34.4. The summed E-state index contributed by atoms with van der Waals surface area (Å²) in [5.41, 5.74) is 5.38. The number of urea groups is 3. The monoisotopic (exact) mass is 2000 g/mol. The molecule has 0 bridgehead atoms. The molecule has 51 heteroatoms. The van der Waals surface area contributed by atoms with Crippen molar-refractivity contribution >= 4 is 107 Å². The molecular formula is C84H128F8N12O28S3. The number of nitrogens with two attached hydrogens (primary N) is 1. The van der Waals surface area contributed by atoms with Gasteiger partial charge in [-0.15, -0.1) is 0 Å². The van der Waals surface area contributed by atoms with E-state index in [1.54, 1.807) is 0 Å². The van der Waals surface area contributed by atoms with Crippen LogP contribution in [0.25, 0.3) is 0 Å². The molecule has 9 atom stereocenters. The minimum absolute atomic E-state index is 0.0182. The van der Waals surface area contributed by atoms with Crippen molar-refractivity contribution in [3.63, 3.8) is 0 Å². The van der Waals surface area contributed by atoms with Gasteiger partial charge in [0.25, 0.3) is 0 Å². The molecule has 0 radical (unpaired) electrons. The first-order chi connectivity index (χ1) is 65.1. The molecule has 40 nitrogen and oxygen atoms in total. The molecule has 7 saturated heterocycles. The molecule has 0 saturated carbocycles. The number of carboxylic acids is 1. The number of amides is 11. The molecule has 0 aromatic heterocycles. The van der Waals surface area contributed by atoms with Crippen molar-refractivity contribution in [3.05, 3.63) is 58.7 Å². The predicted molar refractivity (Wildman–Crippen MR) is 472 cm³/mol.